The zero-order chi connectivity index (χ0) is 15.4. The number of likely N-dealkylation sites (N-methyl/N-ethyl adjacent to an activating group) is 1. The van der Waals surface area contributed by atoms with Crippen molar-refractivity contribution in [3.8, 4) is 0 Å². The van der Waals surface area contributed by atoms with Gasteiger partial charge in [-0.2, -0.15) is 5.10 Å². The molecule has 1 atom stereocenters. The summed E-state index contributed by atoms with van der Waals surface area (Å²) < 4.78 is 0. The van der Waals surface area contributed by atoms with Gasteiger partial charge in [0.15, 0.2) is 0 Å². The van der Waals surface area contributed by atoms with Gasteiger partial charge in [0.1, 0.15) is 0 Å². The Balaban J connectivity index is 1.84. The number of carbonyl (C=O) groups excluding carboxylic acids is 2. The number of carbonyl (C=O) groups is 2. The van der Waals surface area contributed by atoms with Crippen LogP contribution in [0.25, 0.3) is 0 Å². The van der Waals surface area contributed by atoms with Crippen LogP contribution >= 0.6 is 0 Å². The van der Waals surface area contributed by atoms with Crippen LogP contribution in [0.5, 0.6) is 0 Å². The molecule has 1 fully saturated rings. The molecule has 1 aliphatic rings. The topological polar surface area (TPSA) is 69.3 Å². The van der Waals surface area contributed by atoms with Gasteiger partial charge >= 0.3 is 0 Å². The van der Waals surface area contributed by atoms with Gasteiger partial charge in [0.05, 0.1) is 12.1 Å². The summed E-state index contributed by atoms with van der Waals surface area (Å²) in [5.41, 5.74) is 1.08. The first-order valence-electron chi connectivity index (χ1n) is 7.47. The highest BCUT2D eigenvalue weighted by Gasteiger charge is 2.35. The number of nitrogens with zero attached hydrogens (tertiary/aromatic N) is 3. The summed E-state index contributed by atoms with van der Waals surface area (Å²) in [5.74, 6) is 0.413. The summed E-state index contributed by atoms with van der Waals surface area (Å²) in [5, 5.41) is 6.65. The third kappa shape index (κ3) is 4.06. The Kier molecular flexibility index (Phi) is 4.98. The summed E-state index contributed by atoms with van der Waals surface area (Å²) in [6.07, 6.45) is 4.72. The monoisotopic (exact) mass is 292 g/mol. The number of nitrogens with one attached hydrogen (secondary N) is 1. The minimum Gasteiger partial charge on any atom is -0.345 e. The first-order chi connectivity index (χ1) is 9.97. The van der Waals surface area contributed by atoms with E-state index in [4.69, 9.17) is 0 Å². The smallest absolute Gasteiger partial charge is 0.227 e. The molecule has 6 heteroatoms. The Labute approximate surface area is 125 Å². The minimum atomic E-state index is -0.189. The first kappa shape index (κ1) is 15.5. The van der Waals surface area contributed by atoms with E-state index < -0.39 is 0 Å². The summed E-state index contributed by atoms with van der Waals surface area (Å²) in [6, 6.07) is 0. The number of hydrogen-bond donors (Lipinski definition) is 1. The molecule has 1 unspecified atom stereocenters. The quantitative estimate of drug-likeness (QED) is 0.847. The van der Waals surface area contributed by atoms with E-state index in [9.17, 15) is 9.59 Å². The van der Waals surface area contributed by atoms with E-state index in [1.54, 1.807) is 18.1 Å². The molecular weight excluding hydrogens is 268 g/mol. The Morgan fingerprint density at radius 2 is 2.33 bits per heavy atom. The summed E-state index contributed by atoms with van der Waals surface area (Å²) >= 11 is 0. The molecule has 0 aliphatic carbocycles. The van der Waals surface area contributed by atoms with Crippen LogP contribution in [0.1, 0.15) is 25.8 Å². The molecule has 21 heavy (non-hydrogen) atoms. The van der Waals surface area contributed by atoms with Crippen molar-refractivity contribution in [2.24, 2.45) is 11.8 Å². The lowest BCUT2D eigenvalue weighted by Gasteiger charge is -2.22. The molecule has 1 saturated heterocycles. The second kappa shape index (κ2) is 6.74. The zero-order valence-corrected chi connectivity index (χ0v) is 13.0. The molecular formula is C15H24N4O2. The highest BCUT2D eigenvalue weighted by molar-refractivity contribution is 5.89. The van der Waals surface area contributed by atoms with Crippen molar-refractivity contribution in [2.45, 2.75) is 26.7 Å². The molecule has 1 aliphatic heterocycles. The molecule has 0 radical (unpaired) electrons. The van der Waals surface area contributed by atoms with E-state index >= 15 is 0 Å². The summed E-state index contributed by atoms with van der Waals surface area (Å²) in [7, 11) is 1.80. The molecule has 116 valence electrons. The van der Waals surface area contributed by atoms with Crippen molar-refractivity contribution in [3.63, 3.8) is 0 Å². The molecule has 0 saturated carbocycles. The van der Waals surface area contributed by atoms with Crippen molar-refractivity contribution >= 4 is 11.8 Å². The lowest BCUT2D eigenvalue weighted by molar-refractivity contribution is -0.134. The van der Waals surface area contributed by atoms with Crippen molar-refractivity contribution in [3.05, 3.63) is 18.0 Å². The standard InChI is InChI=1S/C15H24N4O2/c1-11(2)9-19-10-13(6-14(19)20)15(21)18(3)5-4-12-7-16-17-8-12/h7-8,11,13H,4-6,9-10H2,1-3H3,(H,16,17). The van der Waals surface area contributed by atoms with Crippen molar-refractivity contribution in [1.82, 2.24) is 20.0 Å². The minimum absolute atomic E-state index is 0.0677. The van der Waals surface area contributed by atoms with Crippen LogP contribution in [0.3, 0.4) is 0 Å². The average molecular weight is 292 g/mol. The Morgan fingerprint density at radius 3 is 2.95 bits per heavy atom. The van der Waals surface area contributed by atoms with Gasteiger partial charge in [-0.15, -0.1) is 0 Å². The van der Waals surface area contributed by atoms with Gasteiger partial charge in [-0.1, -0.05) is 13.8 Å². The SMILES string of the molecule is CC(C)CN1CC(C(=O)N(C)CCc2cn[nH]c2)CC1=O. The molecule has 2 heterocycles. The molecule has 0 spiro atoms. The predicted octanol–water partition coefficient (Wildman–Crippen LogP) is 0.915. The van der Waals surface area contributed by atoms with Gasteiger partial charge in [-0.25, -0.2) is 0 Å². The van der Waals surface area contributed by atoms with E-state index in [-0.39, 0.29) is 17.7 Å². The van der Waals surface area contributed by atoms with Gasteiger partial charge in [-0.05, 0) is 17.9 Å². The maximum absolute atomic E-state index is 12.4. The number of amides is 2. The van der Waals surface area contributed by atoms with Crippen LogP contribution in [0, 0.1) is 11.8 Å². The third-order valence-corrected chi connectivity index (χ3v) is 3.82. The zero-order valence-electron chi connectivity index (χ0n) is 13.0. The number of H-pyrrole nitrogens is 1. The molecule has 1 aromatic rings. The van der Waals surface area contributed by atoms with Crippen molar-refractivity contribution in [1.29, 1.82) is 0 Å². The average Bonchev–Trinajstić information content (AvgIpc) is 3.05. The van der Waals surface area contributed by atoms with Crippen LogP contribution < -0.4 is 0 Å². The maximum Gasteiger partial charge on any atom is 0.227 e. The summed E-state index contributed by atoms with van der Waals surface area (Å²) in [4.78, 5) is 27.9. The number of aromatic nitrogens is 2. The van der Waals surface area contributed by atoms with E-state index in [0.717, 1.165) is 18.5 Å². The second-order valence-corrected chi connectivity index (χ2v) is 6.21. The van der Waals surface area contributed by atoms with Crippen molar-refractivity contribution < 1.29 is 9.59 Å². The van der Waals surface area contributed by atoms with Gasteiger partial charge in [0, 0.05) is 39.3 Å². The van der Waals surface area contributed by atoms with Crippen molar-refractivity contribution in [2.75, 3.05) is 26.7 Å². The second-order valence-electron chi connectivity index (χ2n) is 6.21. The molecule has 0 aromatic carbocycles. The number of hydrogen-bond acceptors (Lipinski definition) is 3. The van der Waals surface area contributed by atoms with E-state index in [1.165, 1.54) is 0 Å². The molecule has 0 bridgehead atoms. The predicted molar refractivity (Wildman–Crippen MR) is 79.5 cm³/mol. The molecule has 2 rings (SSSR count). The number of likely N-dealkylation sites (tertiary alicyclic amines) is 1. The fourth-order valence-corrected chi connectivity index (χ4v) is 2.69. The Morgan fingerprint density at radius 1 is 1.57 bits per heavy atom. The highest BCUT2D eigenvalue weighted by atomic mass is 16.2. The Hall–Kier alpha value is -1.85. The number of rotatable bonds is 6. The fourth-order valence-electron chi connectivity index (χ4n) is 2.69. The molecule has 6 nitrogen and oxygen atoms in total. The Bertz CT molecular complexity index is 484. The number of aromatic amines is 1. The van der Waals surface area contributed by atoms with Crippen LogP contribution in [0.15, 0.2) is 12.4 Å². The van der Waals surface area contributed by atoms with Gasteiger partial charge < -0.3 is 9.80 Å². The van der Waals surface area contributed by atoms with Crippen LogP contribution in [0.4, 0.5) is 0 Å². The highest BCUT2D eigenvalue weighted by Crippen LogP contribution is 2.21. The molecule has 1 aromatic heterocycles. The normalized spacial score (nSPS) is 18.6. The largest absolute Gasteiger partial charge is 0.345 e. The molecule has 2 amide bonds. The molecule has 1 N–H and O–H groups in total. The lowest BCUT2D eigenvalue weighted by Crippen LogP contribution is -2.36. The fraction of sp³-hybridized carbons (Fsp3) is 0.667. The first-order valence-corrected chi connectivity index (χ1v) is 7.47. The summed E-state index contributed by atoms with van der Waals surface area (Å²) in [6.45, 7) is 6.11. The van der Waals surface area contributed by atoms with Gasteiger partial charge in [0.2, 0.25) is 11.8 Å². The van der Waals surface area contributed by atoms with E-state index in [2.05, 4.69) is 24.0 Å². The van der Waals surface area contributed by atoms with Crippen LogP contribution in [0.2, 0.25) is 0 Å². The maximum atomic E-state index is 12.4. The van der Waals surface area contributed by atoms with Crippen LogP contribution in [-0.2, 0) is 16.0 Å². The van der Waals surface area contributed by atoms with Gasteiger partial charge in [0.25, 0.3) is 0 Å². The van der Waals surface area contributed by atoms with Crippen LogP contribution in [-0.4, -0.2) is 58.5 Å². The van der Waals surface area contributed by atoms with E-state index in [0.29, 0.717) is 25.4 Å². The van der Waals surface area contributed by atoms with Gasteiger partial charge in [-0.3, -0.25) is 14.7 Å². The third-order valence-electron chi connectivity index (χ3n) is 3.82. The van der Waals surface area contributed by atoms with E-state index in [1.807, 2.05) is 11.1 Å². The lowest BCUT2D eigenvalue weighted by atomic mass is 10.1.